The van der Waals surface area contributed by atoms with Crippen molar-refractivity contribution in [2.45, 2.75) is 64.8 Å². The van der Waals surface area contributed by atoms with E-state index in [1.807, 2.05) is 0 Å². The topological polar surface area (TPSA) is 29.9 Å². The van der Waals surface area contributed by atoms with Gasteiger partial charge in [0.25, 0.3) is 0 Å². The molecule has 0 saturated heterocycles. The van der Waals surface area contributed by atoms with Crippen molar-refractivity contribution in [1.82, 2.24) is 15.1 Å². The van der Waals surface area contributed by atoms with Crippen LogP contribution in [0.25, 0.3) is 0 Å². The molecule has 0 aliphatic heterocycles. The Morgan fingerprint density at radius 2 is 2.15 bits per heavy atom. The second-order valence-electron chi connectivity index (χ2n) is 5.97. The zero-order valence-electron chi connectivity index (χ0n) is 13.1. The minimum Gasteiger partial charge on any atom is -0.314 e. The van der Waals surface area contributed by atoms with Crippen LogP contribution in [-0.4, -0.2) is 22.4 Å². The molecule has 1 atom stereocenters. The summed E-state index contributed by atoms with van der Waals surface area (Å²) in [4.78, 5) is 0. The monoisotopic (exact) mass is 341 g/mol. The summed E-state index contributed by atoms with van der Waals surface area (Å²) in [6, 6.07) is 0.743. The fraction of sp³-hybridized carbons (Fsp3) is 0.812. The molecular weight excluding hydrogens is 314 g/mol. The third-order valence-electron chi connectivity index (χ3n) is 4.28. The molecular formula is C16H28BrN3. The van der Waals surface area contributed by atoms with Gasteiger partial charge in [-0.05, 0) is 73.3 Å². The van der Waals surface area contributed by atoms with E-state index in [1.54, 1.807) is 0 Å². The molecule has 1 aliphatic rings. The van der Waals surface area contributed by atoms with Gasteiger partial charge in [-0.25, -0.2) is 0 Å². The van der Waals surface area contributed by atoms with E-state index in [0.29, 0.717) is 0 Å². The minimum atomic E-state index is 0.743. The Balaban J connectivity index is 1.83. The van der Waals surface area contributed by atoms with Gasteiger partial charge < -0.3 is 5.32 Å². The third kappa shape index (κ3) is 4.08. The lowest BCUT2D eigenvalue weighted by Gasteiger charge is -2.17. The lowest BCUT2D eigenvalue weighted by Crippen LogP contribution is -2.31. The minimum absolute atomic E-state index is 0.743. The highest BCUT2D eigenvalue weighted by Gasteiger charge is 2.30. The SMILES string of the molecule is CCCNC(CCCc1c(Br)c(CC)nn1C)C1CC1. The summed E-state index contributed by atoms with van der Waals surface area (Å²) in [5.74, 6) is 0.947. The average Bonchev–Trinajstić information content (AvgIpc) is 3.23. The molecule has 20 heavy (non-hydrogen) atoms. The van der Waals surface area contributed by atoms with E-state index in [0.717, 1.165) is 31.3 Å². The van der Waals surface area contributed by atoms with Gasteiger partial charge in [-0.15, -0.1) is 0 Å². The summed E-state index contributed by atoms with van der Waals surface area (Å²) in [7, 11) is 2.06. The van der Waals surface area contributed by atoms with Crippen LogP contribution in [0.1, 0.15) is 57.3 Å². The number of aromatic nitrogens is 2. The number of nitrogens with one attached hydrogen (secondary N) is 1. The number of rotatable bonds is 9. The molecule has 0 spiro atoms. The molecule has 114 valence electrons. The van der Waals surface area contributed by atoms with Crippen LogP contribution in [0, 0.1) is 5.92 Å². The first-order chi connectivity index (χ1) is 9.67. The Morgan fingerprint density at radius 3 is 2.70 bits per heavy atom. The highest BCUT2D eigenvalue weighted by Crippen LogP contribution is 2.35. The Hall–Kier alpha value is -0.350. The van der Waals surface area contributed by atoms with Crippen LogP contribution in [0.15, 0.2) is 4.47 Å². The molecule has 1 aromatic rings. The second-order valence-corrected chi connectivity index (χ2v) is 6.77. The van der Waals surface area contributed by atoms with Gasteiger partial charge in [-0.2, -0.15) is 5.10 Å². The summed E-state index contributed by atoms with van der Waals surface area (Å²) in [5, 5.41) is 8.31. The maximum absolute atomic E-state index is 4.58. The third-order valence-corrected chi connectivity index (χ3v) is 5.19. The molecule has 1 saturated carbocycles. The summed E-state index contributed by atoms with van der Waals surface area (Å²) in [6.45, 7) is 5.57. The van der Waals surface area contributed by atoms with Crippen LogP contribution >= 0.6 is 15.9 Å². The fourth-order valence-electron chi connectivity index (χ4n) is 2.91. The number of aryl methyl sites for hydroxylation is 2. The van der Waals surface area contributed by atoms with Gasteiger partial charge in [0.2, 0.25) is 0 Å². The summed E-state index contributed by atoms with van der Waals surface area (Å²) < 4.78 is 3.28. The quantitative estimate of drug-likeness (QED) is 0.739. The molecule has 0 bridgehead atoms. The maximum atomic E-state index is 4.58. The van der Waals surface area contributed by atoms with Gasteiger partial charge in [0.05, 0.1) is 15.9 Å². The highest BCUT2D eigenvalue weighted by atomic mass is 79.9. The number of hydrogen-bond acceptors (Lipinski definition) is 2. The number of halogens is 1. The summed E-state index contributed by atoms with van der Waals surface area (Å²) >= 11 is 3.71. The number of hydrogen-bond donors (Lipinski definition) is 1. The average molecular weight is 342 g/mol. The fourth-order valence-corrected chi connectivity index (χ4v) is 3.73. The van der Waals surface area contributed by atoms with Crippen LogP contribution in [-0.2, 0) is 19.9 Å². The highest BCUT2D eigenvalue weighted by molar-refractivity contribution is 9.10. The zero-order chi connectivity index (χ0) is 14.5. The van der Waals surface area contributed by atoms with Gasteiger partial charge in [0, 0.05) is 13.1 Å². The smallest absolute Gasteiger partial charge is 0.0766 e. The molecule has 1 N–H and O–H groups in total. The van der Waals surface area contributed by atoms with Gasteiger partial charge in [0.1, 0.15) is 0 Å². The van der Waals surface area contributed by atoms with Crippen molar-refractivity contribution in [2.24, 2.45) is 13.0 Å². The van der Waals surface area contributed by atoms with E-state index in [4.69, 9.17) is 0 Å². The normalized spacial score (nSPS) is 16.6. The maximum Gasteiger partial charge on any atom is 0.0766 e. The van der Waals surface area contributed by atoms with Crippen molar-refractivity contribution in [3.63, 3.8) is 0 Å². The Kier molecular flexibility index (Phi) is 6.09. The zero-order valence-corrected chi connectivity index (χ0v) is 14.7. The Bertz CT molecular complexity index is 424. The predicted octanol–water partition coefficient (Wildman–Crippen LogP) is 3.85. The van der Waals surface area contributed by atoms with Crippen LogP contribution in [0.4, 0.5) is 0 Å². The van der Waals surface area contributed by atoms with Gasteiger partial charge >= 0.3 is 0 Å². The first-order valence-electron chi connectivity index (χ1n) is 8.11. The van der Waals surface area contributed by atoms with Crippen molar-refractivity contribution < 1.29 is 0 Å². The van der Waals surface area contributed by atoms with Gasteiger partial charge in [0.15, 0.2) is 0 Å². The summed E-state index contributed by atoms with van der Waals surface area (Å²) in [6.07, 6.45) is 8.76. The molecule has 4 heteroatoms. The van der Waals surface area contributed by atoms with Crippen molar-refractivity contribution in [3.8, 4) is 0 Å². The molecule has 1 heterocycles. The van der Waals surface area contributed by atoms with Crippen molar-refractivity contribution in [1.29, 1.82) is 0 Å². The van der Waals surface area contributed by atoms with E-state index in [1.165, 1.54) is 48.0 Å². The largest absolute Gasteiger partial charge is 0.314 e. The first-order valence-corrected chi connectivity index (χ1v) is 8.90. The van der Waals surface area contributed by atoms with Crippen LogP contribution in [0.5, 0.6) is 0 Å². The summed E-state index contributed by atoms with van der Waals surface area (Å²) in [5.41, 5.74) is 2.54. The molecule has 0 amide bonds. The Morgan fingerprint density at radius 1 is 1.40 bits per heavy atom. The van der Waals surface area contributed by atoms with E-state index in [9.17, 15) is 0 Å². The van der Waals surface area contributed by atoms with E-state index in [2.05, 4.69) is 51.9 Å². The molecule has 0 aromatic carbocycles. The molecule has 1 fully saturated rings. The second kappa shape index (κ2) is 7.60. The molecule has 1 aliphatic carbocycles. The van der Waals surface area contributed by atoms with E-state index < -0.39 is 0 Å². The van der Waals surface area contributed by atoms with Crippen LogP contribution in [0.3, 0.4) is 0 Å². The molecule has 0 radical (unpaired) electrons. The molecule has 3 nitrogen and oxygen atoms in total. The molecule has 1 aromatic heterocycles. The van der Waals surface area contributed by atoms with Crippen molar-refractivity contribution in [2.75, 3.05) is 6.54 Å². The van der Waals surface area contributed by atoms with Gasteiger partial charge in [-0.3, -0.25) is 4.68 Å². The van der Waals surface area contributed by atoms with Crippen LogP contribution < -0.4 is 5.32 Å². The van der Waals surface area contributed by atoms with Crippen molar-refractivity contribution >= 4 is 15.9 Å². The predicted molar refractivity (Wildman–Crippen MR) is 88.0 cm³/mol. The van der Waals surface area contributed by atoms with E-state index >= 15 is 0 Å². The lowest BCUT2D eigenvalue weighted by atomic mass is 10.0. The first kappa shape index (κ1) is 16.0. The molecule has 1 unspecified atom stereocenters. The van der Waals surface area contributed by atoms with Crippen molar-refractivity contribution in [3.05, 3.63) is 15.9 Å². The number of nitrogens with zero attached hydrogens (tertiary/aromatic N) is 2. The van der Waals surface area contributed by atoms with Gasteiger partial charge in [-0.1, -0.05) is 13.8 Å². The lowest BCUT2D eigenvalue weighted by molar-refractivity contribution is 0.423. The van der Waals surface area contributed by atoms with Crippen LogP contribution in [0.2, 0.25) is 0 Å². The standard InChI is InChI=1S/C16H28BrN3/c1-4-11-18-14(12-9-10-12)7-6-8-15-16(17)13(5-2)19-20(15)3/h12,14,18H,4-11H2,1-3H3. The van der Waals surface area contributed by atoms with E-state index in [-0.39, 0.29) is 0 Å². The molecule has 2 rings (SSSR count). The Labute approximate surface area is 131 Å².